The van der Waals surface area contributed by atoms with Crippen LogP contribution in [-0.2, 0) is 9.59 Å². The van der Waals surface area contributed by atoms with Crippen molar-refractivity contribution in [2.45, 2.75) is 6.04 Å². The molecule has 1 fully saturated rings. The number of aromatic nitrogens is 1. The highest BCUT2D eigenvalue weighted by Crippen LogP contribution is 2.43. The zero-order valence-corrected chi connectivity index (χ0v) is 17.8. The lowest BCUT2D eigenvalue weighted by Crippen LogP contribution is -2.29. The zero-order chi connectivity index (χ0) is 22.1. The van der Waals surface area contributed by atoms with E-state index in [1.54, 1.807) is 48.8 Å². The van der Waals surface area contributed by atoms with Crippen molar-refractivity contribution in [2.24, 2.45) is 0 Å². The van der Waals surface area contributed by atoms with Crippen LogP contribution < -0.4 is 9.64 Å². The number of para-hydroxylation sites is 1. The van der Waals surface area contributed by atoms with Crippen LogP contribution >= 0.6 is 23.2 Å². The second kappa shape index (κ2) is 8.41. The summed E-state index contributed by atoms with van der Waals surface area (Å²) in [5, 5.41) is 11.4. The van der Waals surface area contributed by atoms with E-state index in [4.69, 9.17) is 27.9 Å². The Labute approximate surface area is 188 Å². The maximum atomic E-state index is 13.1. The minimum atomic E-state index is -0.856. The molecule has 0 spiro atoms. The smallest absolute Gasteiger partial charge is 0.300 e. The molecule has 6 nitrogen and oxygen atoms in total. The number of rotatable bonds is 4. The van der Waals surface area contributed by atoms with Gasteiger partial charge < -0.3 is 9.84 Å². The summed E-state index contributed by atoms with van der Waals surface area (Å²) in [6.45, 7) is 0. The van der Waals surface area contributed by atoms with Gasteiger partial charge in [0.2, 0.25) is 0 Å². The molecule has 1 amide bonds. The van der Waals surface area contributed by atoms with Crippen LogP contribution in [0.2, 0.25) is 10.0 Å². The second-order valence-electron chi connectivity index (χ2n) is 6.76. The molecule has 4 rings (SSSR count). The Kier molecular flexibility index (Phi) is 5.67. The molecule has 1 aliphatic rings. The largest absolute Gasteiger partial charge is 0.507 e. The lowest BCUT2D eigenvalue weighted by Gasteiger charge is -2.25. The number of carbonyl (C=O) groups is 2. The SMILES string of the molecule is COc1c(Cl)cc(/C(O)=C2\C(=O)C(=O)N(c3ccccc3)C2c2ccncc2)cc1Cl. The first-order chi connectivity index (χ1) is 14.9. The molecule has 2 aromatic carbocycles. The number of ketones is 1. The molecule has 1 unspecified atom stereocenters. The van der Waals surface area contributed by atoms with Crippen molar-refractivity contribution < 1.29 is 19.4 Å². The average molecular weight is 455 g/mol. The summed E-state index contributed by atoms with van der Waals surface area (Å²) in [5.41, 5.74) is 1.26. The molecule has 0 saturated carbocycles. The Bertz CT molecular complexity index is 1170. The van der Waals surface area contributed by atoms with E-state index in [1.165, 1.54) is 24.1 Å². The Morgan fingerprint density at radius 2 is 1.65 bits per heavy atom. The Morgan fingerprint density at radius 1 is 1.03 bits per heavy atom. The van der Waals surface area contributed by atoms with E-state index < -0.39 is 17.7 Å². The number of aliphatic hydroxyl groups is 1. The van der Waals surface area contributed by atoms with Crippen molar-refractivity contribution in [3.63, 3.8) is 0 Å². The first-order valence-corrected chi connectivity index (χ1v) is 9.99. The first kappa shape index (κ1) is 20.9. The summed E-state index contributed by atoms with van der Waals surface area (Å²) in [6.07, 6.45) is 3.11. The third-order valence-corrected chi connectivity index (χ3v) is 5.54. The van der Waals surface area contributed by atoms with E-state index >= 15 is 0 Å². The van der Waals surface area contributed by atoms with Gasteiger partial charge >= 0.3 is 0 Å². The number of benzene rings is 2. The fourth-order valence-corrected chi connectivity index (χ4v) is 4.24. The third-order valence-electron chi connectivity index (χ3n) is 4.98. The first-order valence-electron chi connectivity index (χ1n) is 9.23. The fraction of sp³-hybridized carbons (Fsp3) is 0.0870. The summed E-state index contributed by atoms with van der Waals surface area (Å²) in [6, 6.07) is 14.2. The predicted octanol–water partition coefficient (Wildman–Crippen LogP) is 5.02. The number of anilines is 1. The van der Waals surface area contributed by atoms with Gasteiger partial charge in [0.1, 0.15) is 5.76 Å². The molecule has 156 valence electrons. The molecular formula is C23H16Cl2N2O4. The van der Waals surface area contributed by atoms with Crippen LogP contribution in [0.25, 0.3) is 5.76 Å². The topological polar surface area (TPSA) is 79.7 Å². The normalized spacial score (nSPS) is 17.8. The molecule has 1 aromatic heterocycles. The van der Waals surface area contributed by atoms with Gasteiger partial charge in [0, 0.05) is 23.6 Å². The number of hydrogen-bond donors (Lipinski definition) is 1. The van der Waals surface area contributed by atoms with Crippen LogP contribution in [0.3, 0.4) is 0 Å². The van der Waals surface area contributed by atoms with Crippen LogP contribution in [0.1, 0.15) is 17.2 Å². The number of halogens is 2. The summed E-state index contributed by atoms with van der Waals surface area (Å²) < 4.78 is 5.14. The van der Waals surface area contributed by atoms with Crippen LogP contribution in [0.5, 0.6) is 5.75 Å². The lowest BCUT2D eigenvalue weighted by molar-refractivity contribution is -0.132. The summed E-state index contributed by atoms with van der Waals surface area (Å²) in [7, 11) is 1.42. The number of nitrogens with zero attached hydrogens (tertiary/aromatic N) is 2. The highest BCUT2D eigenvalue weighted by atomic mass is 35.5. The highest BCUT2D eigenvalue weighted by Gasteiger charge is 2.47. The number of carbonyl (C=O) groups excluding carboxylic acids is 2. The van der Waals surface area contributed by atoms with Crippen LogP contribution in [0.15, 0.2) is 72.6 Å². The Balaban J connectivity index is 1.95. The standard InChI is InChI=1S/C23H16Cl2N2O4/c1-31-22-16(24)11-14(12-17(22)25)20(28)18-19(13-7-9-26-10-8-13)27(23(30)21(18)29)15-5-3-2-4-6-15/h2-12,19,28H,1H3/b20-18+. The van der Waals surface area contributed by atoms with E-state index in [0.717, 1.165) is 0 Å². The number of pyridine rings is 1. The van der Waals surface area contributed by atoms with Crippen LogP contribution in [-0.4, -0.2) is 28.9 Å². The van der Waals surface area contributed by atoms with Crippen LogP contribution in [0, 0.1) is 0 Å². The van der Waals surface area contributed by atoms with E-state index in [1.807, 2.05) is 6.07 Å². The molecule has 0 radical (unpaired) electrons. The number of aliphatic hydroxyl groups excluding tert-OH is 1. The highest BCUT2D eigenvalue weighted by molar-refractivity contribution is 6.51. The quantitative estimate of drug-likeness (QED) is 0.340. The van der Waals surface area contributed by atoms with Gasteiger partial charge in [0.15, 0.2) is 5.75 Å². The van der Waals surface area contributed by atoms with E-state index in [2.05, 4.69) is 4.98 Å². The van der Waals surface area contributed by atoms with Crippen molar-refractivity contribution in [2.75, 3.05) is 12.0 Å². The van der Waals surface area contributed by atoms with Gasteiger partial charge in [-0.2, -0.15) is 0 Å². The fourth-order valence-electron chi connectivity index (χ4n) is 3.60. The van der Waals surface area contributed by atoms with Crippen molar-refractivity contribution in [1.82, 2.24) is 4.98 Å². The summed E-state index contributed by atoms with van der Waals surface area (Å²) >= 11 is 12.4. The van der Waals surface area contributed by atoms with Crippen LogP contribution in [0.4, 0.5) is 5.69 Å². The summed E-state index contributed by atoms with van der Waals surface area (Å²) in [4.78, 5) is 31.4. The van der Waals surface area contributed by atoms with Gasteiger partial charge in [-0.1, -0.05) is 41.4 Å². The molecule has 8 heteroatoms. The maximum Gasteiger partial charge on any atom is 0.300 e. The summed E-state index contributed by atoms with van der Waals surface area (Å²) in [5.74, 6) is -1.70. The monoisotopic (exact) mass is 454 g/mol. The molecule has 3 aromatic rings. The third kappa shape index (κ3) is 3.65. The predicted molar refractivity (Wildman–Crippen MR) is 118 cm³/mol. The van der Waals surface area contributed by atoms with Gasteiger partial charge in [-0.25, -0.2) is 0 Å². The van der Waals surface area contributed by atoms with Gasteiger partial charge in [0.05, 0.1) is 28.8 Å². The molecule has 1 aliphatic heterocycles. The molecule has 0 bridgehead atoms. The van der Waals surface area contributed by atoms with Crippen molar-refractivity contribution in [3.8, 4) is 5.75 Å². The molecular weight excluding hydrogens is 439 g/mol. The molecule has 1 saturated heterocycles. The van der Waals surface area contributed by atoms with Crippen molar-refractivity contribution in [1.29, 1.82) is 0 Å². The molecule has 0 aliphatic carbocycles. The lowest BCUT2D eigenvalue weighted by atomic mass is 9.95. The number of amides is 1. The zero-order valence-electron chi connectivity index (χ0n) is 16.3. The van der Waals surface area contributed by atoms with E-state index in [9.17, 15) is 14.7 Å². The number of Topliss-reactive ketones (excluding diaryl/α,β-unsaturated/α-hetero) is 1. The van der Waals surface area contributed by atoms with Gasteiger partial charge in [-0.3, -0.25) is 19.5 Å². The molecule has 1 N–H and O–H groups in total. The molecule has 31 heavy (non-hydrogen) atoms. The Hall–Kier alpha value is -3.35. The Morgan fingerprint density at radius 3 is 2.23 bits per heavy atom. The van der Waals surface area contributed by atoms with Crippen molar-refractivity contribution >= 4 is 46.3 Å². The van der Waals surface area contributed by atoms with Gasteiger partial charge in [0.25, 0.3) is 11.7 Å². The number of ether oxygens (including phenoxy) is 1. The van der Waals surface area contributed by atoms with Gasteiger partial charge in [-0.15, -0.1) is 0 Å². The number of methoxy groups -OCH3 is 1. The van der Waals surface area contributed by atoms with E-state index in [0.29, 0.717) is 11.3 Å². The minimum absolute atomic E-state index is 0.0719. The second-order valence-corrected chi connectivity index (χ2v) is 7.57. The minimum Gasteiger partial charge on any atom is -0.507 e. The number of hydrogen-bond acceptors (Lipinski definition) is 5. The van der Waals surface area contributed by atoms with Gasteiger partial charge in [-0.05, 0) is 42.0 Å². The average Bonchev–Trinajstić information content (AvgIpc) is 3.05. The molecule has 2 heterocycles. The van der Waals surface area contributed by atoms with E-state index in [-0.39, 0.29) is 32.7 Å². The molecule has 1 atom stereocenters. The maximum absolute atomic E-state index is 13.1. The van der Waals surface area contributed by atoms with Crippen molar-refractivity contribution in [3.05, 3.63) is 93.7 Å².